The van der Waals surface area contributed by atoms with Gasteiger partial charge in [0.05, 0.1) is 24.2 Å². The van der Waals surface area contributed by atoms with E-state index in [9.17, 15) is 4.79 Å². The van der Waals surface area contributed by atoms with Gasteiger partial charge in [0.1, 0.15) is 0 Å². The van der Waals surface area contributed by atoms with Gasteiger partial charge < -0.3 is 9.47 Å². The minimum atomic E-state index is -0.217. The highest BCUT2D eigenvalue weighted by Gasteiger charge is 2.17. The lowest BCUT2D eigenvalue weighted by atomic mass is 10.3. The molecule has 0 fully saturated rings. The third-order valence-electron chi connectivity index (χ3n) is 1.58. The molecule has 0 spiro atoms. The standard InChI is InChI=1S/C10H16O3S4/c1-4-12-9(14)16-6-8(11)7(3)17-10(15)13-5-2/h7H,4-6H2,1-3H3. The summed E-state index contributed by atoms with van der Waals surface area (Å²) in [4.78, 5) is 11.7. The Labute approximate surface area is 121 Å². The molecule has 0 radical (unpaired) electrons. The summed E-state index contributed by atoms with van der Waals surface area (Å²) in [5, 5.41) is -0.217. The molecule has 7 heteroatoms. The van der Waals surface area contributed by atoms with Crippen molar-refractivity contribution in [2.24, 2.45) is 0 Å². The summed E-state index contributed by atoms with van der Waals surface area (Å²) in [5.74, 6) is 0.381. The molecule has 0 bridgehead atoms. The monoisotopic (exact) mass is 312 g/mol. The molecule has 0 aliphatic rings. The Kier molecular flexibility index (Phi) is 10.2. The van der Waals surface area contributed by atoms with Gasteiger partial charge in [-0.2, -0.15) is 0 Å². The van der Waals surface area contributed by atoms with E-state index in [4.69, 9.17) is 33.9 Å². The van der Waals surface area contributed by atoms with E-state index in [2.05, 4.69) is 0 Å². The van der Waals surface area contributed by atoms with Crippen LogP contribution in [0.1, 0.15) is 20.8 Å². The maximum atomic E-state index is 11.7. The van der Waals surface area contributed by atoms with Crippen molar-refractivity contribution in [2.75, 3.05) is 19.0 Å². The van der Waals surface area contributed by atoms with Crippen LogP contribution in [0.2, 0.25) is 0 Å². The van der Waals surface area contributed by atoms with E-state index in [-0.39, 0.29) is 11.0 Å². The number of carbonyl (C=O) groups is 1. The quantitative estimate of drug-likeness (QED) is 0.697. The average Bonchev–Trinajstić information content (AvgIpc) is 2.26. The molecular formula is C10H16O3S4. The number of rotatable bonds is 6. The minimum absolute atomic E-state index is 0.0732. The third-order valence-corrected chi connectivity index (χ3v) is 4.17. The maximum Gasteiger partial charge on any atom is 0.220 e. The Bertz CT molecular complexity index is 281. The van der Waals surface area contributed by atoms with Gasteiger partial charge in [-0.1, -0.05) is 23.5 Å². The zero-order valence-electron chi connectivity index (χ0n) is 10.1. The van der Waals surface area contributed by atoms with Crippen molar-refractivity contribution in [3.8, 4) is 0 Å². The van der Waals surface area contributed by atoms with Crippen LogP contribution in [0, 0.1) is 0 Å². The van der Waals surface area contributed by atoms with Gasteiger partial charge in [0, 0.05) is 0 Å². The van der Waals surface area contributed by atoms with Crippen molar-refractivity contribution in [1.29, 1.82) is 0 Å². The lowest BCUT2D eigenvalue weighted by Gasteiger charge is -2.10. The Morgan fingerprint density at radius 3 is 2.24 bits per heavy atom. The molecule has 0 aliphatic carbocycles. The molecule has 0 aromatic carbocycles. The molecule has 1 unspecified atom stereocenters. The molecule has 3 nitrogen and oxygen atoms in total. The third kappa shape index (κ3) is 8.82. The van der Waals surface area contributed by atoms with Crippen LogP contribution in [0.15, 0.2) is 0 Å². The molecule has 0 N–H and O–H groups in total. The summed E-state index contributed by atoms with van der Waals surface area (Å²) in [6.07, 6.45) is 0. The fourth-order valence-electron chi connectivity index (χ4n) is 0.769. The van der Waals surface area contributed by atoms with Crippen molar-refractivity contribution >= 4 is 62.5 Å². The van der Waals surface area contributed by atoms with Gasteiger partial charge in [-0.15, -0.1) is 0 Å². The van der Waals surface area contributed by atoms with E-state index < -0.39 is 0 Å². The summed E-state index contributed by atoms with van der Waals surface area (Å²) in [6.45, 7) is 6.57. The number of hydrogen-bond donors (Lipinski definition) is 0. The van der Waals surface area contributed by atoms with Gasteiger partial charge in [-0.05, 0) is 45.2 Å². The normalized spacial score (nSPS) is 11.7. The smallest absolute Gasteiger partial charge is 0.220 e. The predicted molar refractivity (Wildman–Crippen MR) is 83.0 cm³/mol. The second-order valence-corrected chi connectivity index (χ2v) is 6.40. The minimum Gasteiger partial charge on any atom is -0.479 e. The number of Topliss-reactive ketones (excluding diaryl/α,β-unsaturated/α-hetero) is 1. The van der Waals surface area contributed by atoms with Crippen molar-refractivity contribution in [3.63, 3.8) is 0 Å². The van der Waals surface area contributed by atoms with Gasteiger partial charge in [0.15, 0.2) is 5.78 Å². The van der Waals surface area contributed by atoms with Crippen molar-refractivity contribution in [2.45, 2.75) is 26.0 Å². The maximum absolute atomic E-state index is 11.7. The number of ether oxygens (including phenoxy) is 2. The average molecular weight is 313 g/mol. The van der Waals surface area contributed by atoms with E-state index in [1.807, 2.05) is 20.8 Å². The first kappa shape index (κ1) is 17.2. The Morgan fingerprint density at radius 1 is 1.18 bits per heavy atom. The number of thioether (sulfide) groups is 2. The van der Waals surface area contributed by atoms with Gasteiger partial charge in [0.2, 0.25) is 8.77 Å². The van der Waals surface area contributed by atoms with Crippen molar-refractivity contribution in [1.82, 2.24) is 0 Å². The van der Waals surface area contributed by atoms with Gasteiger partial charge in [-0.3, -0.25) is 4.79 Å². The molecule has 0 heterocycles. The molecule has 17 heavy (non-hydrogen) atoms. The fraction of sp³-hybridized carbons (Fsp3) is 0.700. The van der Waals surface area contributed by atoms with Gasteiger partial charge >= 0.3 is 0 Å². The van der Waals surface area contributed by atoms with Crippen LogP contribution in [0.25, 0.3) is 0 Å². The zero-order chi connectivity index (χ0) is 13.3. The fourth-order valence-corrected chi connectivity index (χ4v) is 3.12. The van der Waals surface area contributed by atoms with Crippen LogP contribution in [-0.4, -0.2) is 38.8 Å². The highest BCUT2D eigenvalue weighted by atomic mass is 32.2. The summed E-state index contributed by atoms with van der Waals surface area (Å²) in [6, 6.07) is 0. The van der Waals surface area contributed by atoms with Crippen molar-refractivity contribution in [3.05, 3.63) is 0 Å². The molecule has 0 saturated heterocycles. The second kappa shape index (κ2) is 10.1. The SMILES string of the molecule is CCOC(=S)SCC(=O)C(C)SC(=S)OCC. The summed E-state index contributed by atoms with van der Waals surface area (Å²) in [7, 11) is 0. The zero-order valence-corrected chi connectivity index (χ0v) is 13.3. The van der Waals surface area contributed by atoms with Crippen LogP contribution < -0.4 is 0 Å². The first-order chi connectivity index (χ1) is 8.01. The molecular weight excluding hydrogens is 296 g/mol. The number of carbonyl (C=O) groups excluding carboxylic acids is 1. The topological polar surface area (TPSA) is 35.5 Å². The number of thiocarbonyl (C=S) groups is 2. The number of hydrogen-bond acceptors (Lipinski definition) is 7. The lowest BCUT2D eigenvalue weighted by molar-refractivity contribution is -0.115. The van der Waals surface area contributed by atoms with Crippen LogP contribution in [0.4, 0.5) is 0 Å². The predicted octanol–water partition coefficient (Wildman–Crippen LogP) is 3.05. The van der Waals surface area contributed by atoms with Crippen LogP contribution in [0.3, 0.4) is 0 Å². The molecule has 1 atom stereocenters. The molecule has 0 saturated carbocycles. The number of ketones is 1. The van der Waals surface area contributed by atoms with Gasteiger partial charge in [-0.25, -0.2) is 0 Å². The summed E-state index contributed by atoms with van der Waals surface area (Å²) < 4.78 is 11.0. The second-order valence-electron chi connectivity index (χ2n) is 2.88. The molecule has 0 rings (SSSR count). The molecule has 98 valence electrons. The largest absolute Gasteiger partial charge is 0.479 e. The van der Waals surface area contributed by atoms with E-state index in [1.165, 1.54) is 23.5 Å². The van der Waals surface area contributed by atoms with Crippen LogP contribution >= 0.6 is 48.0 Å². The summed E-state index contributed by atoms with van der Waals surface area (Å²) in [5.41, 5.74) is 0. The van der Waals surface area contributed by atoms with Crippen molar-refractivity contribution < 1.29 is 14.3 Å². The van der Waals surface area contributed by atoms with Crippen LogP contribution in [-0.2, 0) is 14.3 Å². The first-order valence-corrected chi connectivity index (χ1v) is 7.85. The van der Waals surface area contributed by atoms with E-state index in [1.54, 1.807) is 0 Å². The molecule has 0 aromatic heterocycles. The Balaban J connectivity index is 3.89. The van der Waals surface area contributed by atoms with Crippen LogP contribution in [0.5, 0.6) is 0 Å². The van der Waals surface area contributed by atoms with E-state index >= 15 is 0 Å². The van der Waals surface area contributed by atoms with E-state index in [0.29, 0.717) is 27.7 Å². The first-order valence-electron chi connectivity index (χ1n) is 5.16. The van der Waals surface area contributed by atoms with Gasteiger partial charge in [0.25, 0.3) is 0 Å². The lowest BCUT2D eigenvalue weighted by Crippen LogP contribution is -2.19. The van der Waals surface area contributed by atoms with E-state index in [0.717, 1.165) is 0 Å². The highest BCUT2D eigenvalue weighted by molar-refractivity contribution is 8.24. The molecule has 0 aliphatic heterocycles. The Hall–Kier alpha value is 0.150. The molecule has 0 aromatic rings. The highest BCUT2D eigenvalue weighted by Crippen LogP contribution is 2.17. The summed E-state index contributed by atoms with van der Waals surface area (Å²) >= 11 is 12.4. The molecule has 0 amide bonds. The Morgan fingerprint density at radius 2 is 1.71 bits per heavy atom.